The Morgan fingerprint density at radius 3 is 1.86 bits per heavy atom. The molecule has 0 aromatic carbocycles. The van der Waals surface area contributed by atoms with Crippen LogP contribution in [0.3, 0.4) is 0 Å². The van der Waals surface area contributed by atoms with Crippen molar-refractivity contribution in [1.82, 2.24) is 0 Å². The first-order valence-corrected chi connectivity index (χ1v) is 13.7. The highest BCUT2D eigenvalue weighted by Gasteiger charge is 2.50. The van der Waals surface area contributed by atoms with Crippen molar-refractivity contribution in [3.05, 3.63) is 34.1 Å². The predicted molar refractivity (Wildman–Crippen MR) is 147 cm³/mol. The fourth-order valence-corrected chi connectivity index (χ4v) is 5.70. The lowest BCUT2D eigenvalue weighted by molar-refractivity contribution is -0.153. The third kappa shape index (κ3) is 8.51. The fraction of sp³-hybridized carbons (Fsp3) is 0.633. The van der Waals surface area contributed by atoms with Gasteiger partial charge in [-0.1, -0.05) is 13.8 Å². The Balaban J connectivity index is 3.06. The van der Waals surface area contributed by atoms with E-state index >= 15 is 0 Å². The highest BCUT2D eigenvalue weighted by molar-refractivity contribution is 5.70. The van der Waals surface area contributed by atoms with Gasteiger partial charge in [0.1, 0.15) is 18.8 Å². The van der Waals surface area contributed by atoms with E-state index in [0.717, 1.165) is 13.8 Å². The van der Waals surface area contributed by atoms with E-state index in [0.29, 0.717) is 11.1 Å². The van der Waals surface area contributed by atoms with E-state index < -0.39 is 71.7 Å². The van der Waals surface area contributed by atoms with Crippen LogP contribution in [0.25, 0.3) is 0 Å². The van der Waals surface area contributed by atoms with Gasteiger partial charge in [0.2, 0.25) is 0 Å². The van der Waals surface area contributed by atoms with Gasteiger partial charge in [0.05, 0.1) is 12.2 Å². The lowest BCUT2D eigenvalue weighted by Gasteiger charge is -2.48. The molecule has 2 rings (SSSR count). The minimum Gasteiger partial charge on any atom is -0.461 e. The summed E-state index contributed by atoms with van der Waals surface area (Å²) in [6, 6.07) is 0. The van der Waals surface area contributed by atoms with Gasteiger partial charge in [-0.15, -0.1) is 0 Å². The van der Waals surface area contributed by atoms with Crippen molar-refractivity contribution < 1.29 is 57.9 Å². The molecule has 12 heteroatoms. The number of hydrogen-bond acceptors (Lipinski definition) is 12. The molecule has 0 saturated heterocycles. The molecule has 0 radical (unpaired) electrons. The van der Waals surface area contributed by atoms with Gasteiger partial charge < -0.3 is 33.9 Å². The molecule has 0 spiro atoms. The molecule has 0 fully saturated rings. The highest BCUT2D eigenvalue weighted by Crippen LogP contribution is 2.51. The second kappa shape index (κ2) is 14.1. The molecule has 0 aliphatic heterocycles. The number of esters is 5. The Labute approximate surface area is 245 Å². The number of aliphatic hydroxyl groups excluding tert-OH is 2. The molecule has 0 amide bonds. The Hall–Kier alpha value is -3.51. The van der Waals surface area contributed by atoms with E-state index in [2.05, 4.69) is 0 Å². The zero-order valence-corrected chi connectivity index (χ0v) is 25.6. The highest BCUT2D eigenvalue weighted by atomic mass is 16.6. The third-order valence-electron chi connectivity index (χ3n) is 7.63. The number of rotatable bonds is 6. The van der Waals surface area contributed by atoms with Crippen LogP contribution < -0.4 is 0 Å². The zero-order chi connectivity index (χ0) is 32.1. The monoisotopic (exact) mass is 594 g/mol. The summed E-state index contributed by atoms with van der Waals surface area (Å²) in [5, 5.41) is 22.6. The lowest BCUT2D eigenvalue weighted by Crippen LogP contribution is -2.48. The van der Waals surface area contributed by atoms with Gasteiger partial charge in [-0.2, -0.15) is 0 Å². The van der Waals surface area contributed by atoms with E-state index in [9.17, 15) is 34.2 Å². The van der Waals surface area contributed by atoms with E-state index in [1.165, 1.54) is 33.8 Å². The first kappa shape index (κ1) is 34.7. The Morgan fingerprint density at radius 2 is 1.36 bits per heavy atom. The normalized spacial score (nSPS) is 30.9. The quantitative estimate of drug-likeness (QED) is 0.262. The van der Waals surface area contributed by atoms with Gasteiger partial charge in [0.25, 0.3) is 0 Å². The zero-order valence-electron chi connectivity index (χ0n) is 25.6. The SMILES string of the molecule is CC(=O)OC/C1=C\[C@H](OC(C)=O)[C@@H]2C[C@H](O)C(C)=C([C@@H](OC(C)=O)/C(OC(C)=O)=C(\C)[C@@H](OC(C)=O)C[C@H]1O)C2(C)C. The molecule has 2 aliphatic rings. The maximum atomic E-state index is 12.5. The van der Waals surface area contributed by atoms with Crippen molar-refractivity contribution in [2.45, 2.75) is 106 Å². The van der Waals surface area contributed by atoms with E-state index in [-0.39, 0.29) is 36.4 Å². The molecule has 0 aromatic rings. The van der Waals surface area contributed by atoms with Crippen LogP contribution in [-0.2, 0) is 47.7 Å². The minimum absolute atomic E-state index is 0.113. The summed E-state index contributed by atoms with van der Waals surface area (Å²) in [4.78, 5) is 61.0. The van der Waals surface area contributed by atoms with Gasteiger partial charge in [-0.3, -0.25) is 24.0 Å². The maximum absolute atomic E-state index is 12.5. The van der Waals surface area contributed by atoms with E-state index in [4.69, 9.17) is 23.7 Å². The fourth-order valence-electron chi connectivity index (χ4n) is 5.70. The van der Waals surface area contributed by atoms with Crippen molar-refractivity contribution in [3.8, 4) is 0 Å². The molecule has 234 valence electrons. The molecular weight excluding hydrogens is 552 g/mol. The summed E-state index contributed by atoms with van der Waals surface area (Å²) < 4.78 is 27.9. The van der Waals surface area contributed by atoms with Gasteiger partial charge in [0, 0.05) is 52.5 Å². The van der Waals surface area contributed by atoms with Crippen LogP contribution in [0.5, 0.6) is 0 Å². The van der Waals surface area contributed by atoms with Crippen molar-refractivity contribution in [3.63, 3.8) is 0 Å². The molecule has 2 aliphatic carbocycles. The van der Waals surface area contributed by atoms with Crippen LogP contribution in [-0.4, -0.2) is 77.2 Å². The molecule has 2 N–H and O–H groups in total. The Kier molecular flexibility index (Phi) is 11.7. The number of fused-ring (bicyclic) bond motifs is 2. The van der Waals surface area contributed by atoms with Crippen LogP contribution in [0.1, 0.15) is 75.2 Å². The second-order valence-corrected chi connectivity index (χ2v) is 11.3. The van der Waals surface area contributed by atoms with Crippen LogP contribution >= 0.6 is 0 Å². The summed E-state index contributed by atoms with van der Waals surface area (Å²) >= 11 is 0. The van der Waals surface area contributed by atoms with E-state index in [1.54, 1.807) is 20.8 Å². The van der Waals surface area contributed by atoms with Gasteiger partial charge in [-0.05, 0) is 48.5 Å². The molecular formula is C30H42O12. The standard InChI is InChI=1S/C30H42O12/c1-14-23(36)11-22-26(40-18(5)33)10-21(13-38-16(3)31)24(37)12-25(39-17(4)32)15(2)28(41-19(6)34)29(42-20(7)35)27(14)30(22,8)9/h10,22-26,29,36-37H,11-13H2,1-9H3/b21-10+,28-15-/t22-,23-,24+,25-,26-,29+/m0/s1. The number of carbonyl (C=O) groups is 5. The smallest absolute Gasteiger partial charge is 0.307 e. The van der Waals surface area contributed by atoms with Crippen molar-refractivity contribution >= 4 is 29.8 Å². The average molecular weight is 595 g/mol. The molecule has 0 heterocycles. The molecule has 12 nitrogen and oxygen atoms in total. The van der Waals surface area contributed by atoms with Crippen molar-refractivity contribution in [2.24, 2.45) is 11.3 Å². The van der Waals surface area contributed by atoms with E-state index in [1.807, 2.05) is 0 Å². The average Bonchev–Trinajstić information content (AvgIpc) is 2.83. The van der Waals surface area contributed by atoms with Crippen molar-refractivity contribution in [1.29, 1.82) is 0 Å². The summed E-state index contributed by atoms with van der Waals surface area (Å²) in [5.41, 5.74) is 0.172. The Morgan fingerprint density at radius 1 is 0.786 bits per heavy atom. The van der Waals surface area contributed by atoms with Crippen LogP contribution in [0.2, 0.25) is 0 Å². The molecule has 0 aromatic heterocycles. The number of carbonyl (C=O) groups excluding carboxylic acids is 5. The number of ether oxygens (including phenoxy) is 5. The van der Waals surface area contributed by atoms with Crippen LogP contribution in [0.15, 0.2) is 34.1 Å². The molecule has 6 atom stereocenters. The van der Waals surface area contributed by atoms with Gasteiger partial charge in [-0.25, -0.2) is 0 Å². The summed E-state index contributed by atoms with van der Waals surface area (Å²) in [7, 11) is 0. The largest absolute Gasteiger partial charge is 0.461 e. The van der Waals surface area contributed by atoms with Gasteiger partial charge in [0.15, 0.2) is 11.9 Å². The lowest BCUT2D eigenvalue weighted by atomic mass is 9.60. The van der Waals surface area contributed by atoms with Crippen LogP contribution in [0, 0.1) is 11.3 Å². The topological polar surface area (TPSA) is 172 Å². The van der Waals surface area contributed by atoms with Gasteiger partial charge >= 0.3 is 29.8 Å². The minimum atomic E-state index is -1.40. The first-order chi connectivity index (χ1) is 19.4. The summed E-state index contributed by atoms with van der Waals surface area (Å²) in [6.45, 7) is 12.3. The number of aliphatic hydroxyl groups is 2. The summed E-state index contributed by atoms with van der Waals surface area (Å²) in [5.74, 6) is -4.27. The first-order valence-electron chi connectivity index (χ1n) is 13.7. The summed E-state index contributed by atoms with van der Waals surface area (Å²) in [6.07, 6.45) is -4.79. The van der Waals surface area contributed by atoms with Crippen molar-refractivity contribution in [2.75, 3.05) is 6.61 Å². The second-order valence-electron chi connectivity index (χ2n) is 11.3. The Bertz CT molecular complexity index is 1190. The van der Waals surface area contributed by atoms with Crippen LogP contribution in [0.4, 0.5) is 0 Å². The molecule has 0 saturated carbocycles. The predicted octanol–water partition coefficient (Wildman–Crippen LogP) is 2.60. The third-order valence-corrected chi connectivity index (χ3v) is 7.63. The number of hydrogen-bond donors (Lipinski definition) is 2. The molecule has 2 bridgehead atoms. The molecule has 0 unspecified atom stereocenters. The molecule has 42 heavy (non-hydrogen) atoms. The maximum Gasteiger partial charge on any atom is 0.307 e.